The number of rotatable bonds is 4. The van der Waals surface area contributed by atoms with Gasteiger partial charge in [-0.2, -0.15) is 11.3 Å². The molecule has 2 aromatic rings. The van der Waals surface area contributed by atoms with Crippen LogP contribution in [0.15, 0.2) is 29.4 Å². The Bertz CT molecular complexity index is 556. The molecule has 5 nitrogen and oxygen atoms in total. The predicted octanol–water partition coefficient (Wildman–Crippen LogP) is 1.82. The highest BCUT2D eigenvalue weighted by atomic mass is 32.1. The molecular formula is C13H16N4OS. The minimum absolute atomic E-state index is 0.0849. The fraction of sp³-hybridized carbons (Fsp3) is 0.308. The van der Waals surface area contributed by atoms with Gasteiger partial charge < -0.3 is 10.6 Å². The molecule has 2 N–H and O–H groups in total. The first-order chi connectivity index (χ1) is 9.09. The molecule has 0 saturated carbocycles. The Morgan fingerprint density at radius 2 is 2.37 bits per heavy atom. The number of carbonyl (C=O) groups excluding carboxylic acids is 1. The van der Waals surface area contributed by atoms with Crippen molar-refractivity contribution in [1.82, 2.24) is 14.9 Å². The first kappa shape index (κ1) is 13.5. The molecule has 0 fully saturated rings. The summed E-state index contributed by atoms with van der Waals surface area (Å²) in [5.74, 6) is 0.0652. The minimum atomic E-state index is -0.152. The van der Waals surface area contributed by atoms with Gasteiger partial charge in [0.1, 0.15) is 12.1 Å². The predicted molar refractivity (Wildman–Crippen MR) is 76.0 cm³/mol. The molecule has 1 amide bonds. The maximum Gasteiger partial charge on any atom is 0.259 e. The van der Waals surface area contributed by atoms with Crippen LogP contribution in [0.25, 0.3) is 0 Å². The van der Waals surface area contributed by atoms with E-state index in [1.807, 2.05) is 12.3 Å². The van der Waals surface area contributed by atoms with E-state index in [1.165, 1.54) is 18.1 Å². The van der Waals surface area contributed by atoms with Crippen molar-refractivity contribution in [2.75, 3.05) is 12.8 Å². The molecule has 0 aliphatic carbocycles. The van der Waals surface area contributed by atoms with E-state index in [0.29, 0.717) is 5.56 Å². The van der Waals surface area contributed by atoms with Crippen LogP contribution in [0.5, 0.6) is 0 Å². The summed E-state index contributed by atoms with van der Waals surface area (Å²) in [5.41, 5.74) is 7.28. The smallest absolute Gasteiger partial charge is 0.259 e. The Morgan fingerprint density at radius 1 is 1.58 bits per heavy atom. The van der Waals surface area contributed by atoms with Gasteiger partial charge >= 0.3 is 0 Å². The van der Waals surface area contributed by atoms with E-state index in [4.69, 9.17) is 5.73 Å². The number of thiophene rings is 1. The zero-order valence-electron chi connectivity index (χ0n) is 10.9. The summed E-state index contributed by atoms with van der Waals surface area (Å²) in [7, 11) is 1.77. The Labute approximate surface area is 116 Å². The number of hydrogen-bond acceptors (Lipinski definition) is 5. The molecule has 100 valence electrons. The van der Waals surface area contributed by atoms with Crippen molar-refractivity contribution in [3.8, 4) is 0 Å². The van der Waals surface area contributed by atoms with Crippen molar-refractivity contribution >= 4 is 23.1 Å². The van der Waals surface area contributed by atoms with Gasteiger partial charge in [0.2, 0.25) is 0 Å². The number of nitrogens with zero attached hydrogens (tertiary/aromatic N) is 3. The van der Waals surface area contributed by atoms with E-state index < -0.39 is 0 Å². The molecule has 0 bridgehead atoms. The van der Waals surface area contributed by atoms with E-state index in [1.54, 1.807) is 23.3 Å². The third-order valence-corrected chi connectivity index (χ3v) is 3.80. The van der Waals surface area contributed by atoms with Crippen LogP contribution in [0.1, 0.15) is 22.8 Å². The molecule has 0 spiro atoms. The van der Waals surface area contributed by atoms with Gasteiger partial charge in [-0.05, 0) is 35.7 Å². The van der Waals surface area contributed by atoms with Crippen molar-refractivity contribution in [3.63, 3.8) is 0 Å². The topological polar surface area (TPSA) is 72.1 Å². The average Bonchev–Trinajstić information content (AvgIpc) is 2.90. The molecule has 2 rings (SSSR count). The quantitative estimate of drug-likeness (QED) is 0.924. The zero-order chi connectivity index (χ0) is 13.8. The van der Waals surface area contributed by atoms with Gasteiger partial charge in [-0.25, -0.2) is 9.97 Å². The number of carbonyl (C=O) groups is 1. The van der Waals surface area contributed by atoms with Crippen LogP contribution in [-0.2, 0) is 6.42 Å². The SMILES string of the molecule is CC(Cc1ccsc1)N(C)C(=O)c1cncnc1N. The third kappa shape index (κ3) is 3.08. The third-order valence-electron chi connectivity index (χ3n) is 3.07. The summed E-state index contributed by atoms with van der Waals surface area (Å²) in [4.78, 5) is 21.7. The summed E-state index contributed by atoms with van der Waals surface area (Å²) >= 11 is 1.66. The van der Waals surface area contributed by atoms with Crippen LogP contribution >= 0.6 is 11.3 Å². The molecule has 0 aromatic carbocycles. The lowest BCUT2D eigenvalue weighted by molar-refractivity contribution is 0.0744. The first-order valence-corrected chi connectivity index (χ1v) is 6.87. The summed E-state index contributed by atoms with van der Waals surface area (Å²) in [6, 6.07) is 2.15. The largest absolute Gasteiger partial charge is 0.383 e. The fourth-order valence-corrected chi connectivity index (χ4v) is 2.46. The Morgan fingerprint density at radius 3 is 3.00 bits per heavy atom. The highest BCUT2D eigenvalue weighted by Gasteiger charge is 2.20. The molecule has 1 unspecified atom stereocenters. The molecule has 19 heavy (non-hydrogen) atoms. The van der Waals surface area contributed by atoms with Crippen molar-refractivity contribution in [3.05, 3.63) is 40.5 Å². The first-order valence-electron chi connectivity index (χ1n) is 5.93. The maximum atomic E-state index is 12.3. The highest BCUT2D eigenvalue weighted by molar-refractivity contribution is 7.07. The molecule has 0 aliphatic heterocycles. The van der Waals surface area contributed by atoms with Crippen molar-refractivity contribution in [2.45, 2.75) is 19.4 Å². The average molecular weight is 276 g/mol. The van der Waals surface area contributed by atoms with Crippen LogP contribution in [0, 0.1) is 0 Å². The van der Waals surface area contributed by atoms with E-state index in [9.17, 15) is 4.79 Å². The standard InChI is InChI=1S/C13H16N4OS/c1-9(5-10-3-4-19-7-10)17(2)13(18)11-6-15-8-16-12(11)14/h3-4,6-9H,5H2,1-2H3,(H2,14,15,16). The summed E-state index contributed by atoms with van der Waals surface area (Å²) in [6.45, 7) is 2.01. The van der Waals surface area contributed by atoms with E-state index in [0.717, 1.165) is 6.42 Å². The zero-order valence-corrected chi connectivity index (χ0v) is 11.7. The van der Waals surface area contributed by atoms with Crippen LogP contribution in [0.2, 0.25) is 0 Å². The lowest BCUT2D eigenvalue weighted by atomic mass is 10.1. The van der Waals surface area contributed by atoms with Gasteiger partial charge in [0, 0.05) is 19.3 Å². The fourth-order valence-electron chi connectivity index (χ4n) is 1.78. The molecule has 0 radical (unpaired) electrons. The second kappa shape index (κ2) is 5.79. The number of anilines is 1. The number of nitrogens with two attached hydrogens (primary N) is 1. The molecule has 2 heterocycles. The van der Waals surface area contributed by atoms with E-state index in [2.05, 4.69) is 21.4 Å². The minimum Gasteiger partial charge on any atom is -0.383 e. The normalized spacial score (nSPS) is 12.1. The number of amides is 1. The van der Waals surface area contributed by atoms with Crippen LogP contribution in [0.3, 0.4) is 0 Å². The Kier molecular flexibility index (Phi) is 4.11. The van der Waals surface area contributed by atoms with Crippen LogP contribution in [-0.4, -0.2) is 33.9 Å². The summed E-state index contributed by atoms with van der Waals surface area (Å²) in [5, 5.41) is 4.13. The number of likely N-dealkylation sites (N-methyl/N-ethyl adjacent to an activating group) is 1. The molecule has 6 heteroatoms. The van der Waals surface area contributed by atoms with Crippen molar-refractivity contribution in [2.24, 2.45) is 0 Å². The van der Waals surface area contributed by atoms with Gasteiger partial charge in [-0.3, -0.25) is 4.79 Å². The monoisotopic (exact) mass is 276 g/mol. The number of hydrogen-bond donors (Lipinski definition) is 1. The second-order valence-corrected chi connectivity index (χ2v) is 5.20. The van der Waals surface area contributed by atoms with Gasteiger partial charge in [0.25, 0.3) is 5.91 Å². The lowest BCUT2D eigenvalue weighted by Gasteiger charge is -2.25. The molecule has 0 saturated heterocycles. The Hall–Kier alpha value is -1.95. The molecule has 2 aromatic heterocycles. The van der Waals surface area contributed by atoms with Gasteiger partial charge in [0.15, 0.2) is 0 Å². The Balaban J connectivity index is 2.09. The van der Waals surface area contributed by atoms with Gasteiger partial charge in [-0.15, -0.1) is 0 Å². The summed E-state index contributed by atoms with van der Waals surface area (Å²) in [6.07, 6.45) is 3.61. The van der Waals surface area contributed by atoms with Crippen molar-refractivity contribution < 1.29 is 4.79 Å². The van der Waals surface area contributed by atoms with Gasteiger partial charge in [0.05, 0.1) is 5.56 Å². The highest BCUT2D eigenvalue weighted by Crippen LogP contribution is 2.15. The number of aromatic nitrogens is 2. The molecular weight excluding hydrogens is 260 g/mol. The lowest BCUT2D eigenvalue weighted by Crippen LogP contribution is -2.36. The summed E-state index contributed by atoms with van der Waals surface area (Å²) < 4.78 is 0. The number of nitrogen functional groups attached to an aromatic ring is 1. The maximum absolute atomic E-state index is 12.3. The van der Waals surface area contributed by atoms with E-state index >= 15 is 0 Å². The molecule has 1 atom stereocenters. The van der Waals surface area contributed by atoms with E-state index in [-0.39, 0.29) is 17.8 Å². The molecule has 0 aliphatic rings. The van der Waals surface area contributed by atoms with Crippen LogP contribution < -0.4 is 5.73 Å². The second-order valence-electron chi connectivity index (χ2n) is 4.42. The van der Waals surface area contributed by atoms with Crippen molar-refractivity contribution in [1.29, 1.82) is 0 Å². The van der Waals surface area contributed by atoms with Crippen LogP contribution in [0.4, 0.5) is 5.82 Å². The van der Waals surface area contributed by atoms with Gasteiger partial charge in [-0.1, -0.05) is 0 Å².